The van der Waals surface area contributed by atoms with Crippen LogP contribution in [0.3, 0.4) is 0 Å². The van der Waals surface area contributed by atoms with Gasteiger partial charge < -0.3 is 15.2 Å². The van der Waals surface area contributed by atoms with Gasteiger partial charge in [0.2, 0.25) is 0 Å². The number of hydrogen-bond acceptors (Lipinski definition) is 5. The third-order valence-electron chi connectivity index (χ3n) is 3.34. The highest BCUT2D eigenvalue weighted by molar-refractivity contribution is 5.72. The fourth-order valence-electron chi connectivity index (χ4n) is 2.35. The molecule has 2 unspecified atom stereocenters. The van der Waals surface area contributed by atoms with Gasteiger partial charge in [-0.1, -0.05) is 0 Å². The van der Waals surface area contributed by atoms with Gasteiger partial charge in [-0.2, -0.15) is 5.26 Å². The highest BCUT2D eigenvalue weighted by Gasteiger charge is 2.30. The van der Waals surface area contributed by atoms with Gasteiger partial charge in [-0.15, -0.1) is 0 Å². The monoisotopic (exact) mass is 275 g/mol. The average molecular weight is 275 g/mol. The molecular formula is C14H17N3O3. The van der Waals surface area contributed by atoms with Crippen LogP contribution in [0.4, 0.5) is 5.82 Å². The average Bonchev–Trinajstić information content (AvgIpc) is 2.84. The predicted molar refractivity (Wildman–Crippen MR) is 72.4 cm³/mol. The molecule has 0 spiro atoms. The van der Waals surface area contributed by atoms with Crippen molar-refractivity contribution in [3.63, 3.8) is 0 Å². The van der Waals surface area contributed by atoms with Gasteiger partial charge >= 0.3 is 5.97 Å². The molecule has 0 saturated carbocycles. The molecule has 106 valence electrons. The standard InChI is InChI=1S/C14H17N3O3/c1-8-5-9(2)17-13(11(8)6-15)16-7-10-3-4-12(20-10)14(18)19/h5,10,12H,3-4,7H2,1-2H3,(H,16,17)(H,18,19). The number of ether oxygens (including phenoxy) is 1. The van der Waals surface area contributed by atoms with Crippen molar-refractivity contribution < 1.29 is 14.6 Å². The van der Waals surface area contributed by atoms with Gasteiger partial charge in [-0.3, -0.25) is 0 Å². The molecule has 0 aromatic carbocycles. The van der Waals surface area contributed by atoms with E-state index in [1.165, 1.54) is 0 Å². The molecule has 2 N–H and O–H groups in total. The normalized spacial score (nSPS) is 21.4. The first-order chi connectivity index (χ1) is 9.51. The zero-order valence-corrected chi connectivity index (χ0v) is 11.5. The number of nitrogens with zero attached hydrogens (tertiary/aromatic N) is 2. The van der Waals surface area contributed by atoms with E-state index in [9.17, 15) is 4.79 Å². The molecule has 0 bridgehead atoms. The summed E-state index contributed by atoms with van der Waals surface area (Å²) in [6.45, 7) is 4.19. The molecule has 1 aliphatic heterocycles. The Hall–Kier alpha value is -2.13. The zero-order chi connectivity index (χ0) is 14.7. The van der Waals surface area contributed by atoms with Crippen molar-refractivity contribution in [3.8, 4) is 6.07 Å². The molecule has 6 nitrogen and oxygen atoms in total. The number of rotatable bonds is 4. The summed E-state index contributed by atoms with van der Waals surface area (Å²) in [5.41, 5.74) is 2.22. The first kappa shape index (κ1) is 14.3. The lowest BCUT2D eigenvalue weighted by Crippen LogP contribution is -2.25. The first-order valence-electron chi connectivity index (χ1n) is 6.51. The van der Waals surface area contributed by atoms with Crippen LogP contribution in [-0.4, -0.2) is 34.8 Å². The lowest BCUT2D eigenvalue weighted by Gasteiger charge is -2.14. The van der Waals surface area contributed by atoms with Crippen LogP contribution < -0.4 is 5.32 Å². The van der Waals surface area contributed by atoms with E-state index in [0.717, 1.165) is 11.3 Å². The Kier molecular flexibility index (Phi) is 4.20. The third-order valence-corrected chi connectivity index (χ3v) is 3.34. The van der Waals surface area contributed by atoms with Crippen LogP contribution in [0.1, 0.15) is 29.7 Å². The van der Waals surface area contributed by atoms with Crippen molar-refractivity contribution in [1.82, 2.24) is 4.98 Å². The Morgan fingerprint density at radius 2 is 2.35 bits per heavy atom. The smallest absolute Gasteiger partial charge is 0.332 e. The van der Waals surface area contributed by atoms with Crippen LogP contribution in [0.2, 0.25) is 0 Å². The van der Waals surface area contributed by atoms with E-state index in [2.05, 4.69) is 16.4 Å². The molecule has 1 fully saturated rings. The van der Waals surface area contributed by atoms with Gasteiger partial charge in [0.15, 0.2) is 6.10 Å². The Balaban J connectivity index is 2.02. The predicted octanol–water partition coefficient (Wildman–Crippen LogP) is 1.61. The fourth-order valence-corrected chi connectivity index (χ4v) is 2.35. The fraction of sp³-hybridized carbons (Fsp3) is 0.500. The number of nitrogens with one attached hydrogen (secondary N) is 1. The number of carbonyl (C=O) groups is 1. The number of carboxylic acid groups (broad SMARTS) is 1. The van der Waals surface area contributed by atoms with Crippen LogP contribution in [0, 0.1) is 25.2 Å². The van der Waals surface area contributed by atoms with Crippen molar-refractivity contribution >= 4 is 11.8 Å². The molecule has 2 atom stereocenters. The molecule has 6 heteroatoms. The van der Waals surface area contributed by atoms with E-state index in [1.807, 2.05) is 19.9 Å². The molecule has 1 saturated heterocycles. The summed E-state index contributed by atoms with van der Waals surface area (Å²) >= 11 is 0. The van der Waals surface area contributed by atoms with Crippen molar-refractivity contribution in [2.24, 2.45) is 0 Å². The lowest BCUT2D eigenvalue weighted by molar-refractivity contribution is -0.149. The molecule has 2 rings (SSSR count). The Morgan fingerprint density at radius 1 is 1.60 bits per heavy atom. The first-order valence-corrected chi connectivity index (χ1v) is 6.51. The Bertz CT molecular complexity index is 566. The molecule has 0 amide bonds. The van der Waals surface area contributed by atoms with Crippen molar-refractivity contribution in [2.75, 3.05) is 11.9 Å². The number of pyridine rings is 1. The molecule has 1 aromatic rings. The van der Waals surface area contributed by atoms with Gasteiger partial charge in [-0.25, -0.2) is 9.78 Å². The largest absolute Gasteiger partial charge is 0.479 e. The third kappa shape index (κ3) is 3.06. The maximum absolute atomic E-state index is 10.8. The van der Waals surface area contributed by atoms with Gasteiger partial charge in [0.1, 0.15) is 11.9 Å². The van der Waals surface area contributed by atoms with E-state index in [-0.39, 0.29) is 6.10 Å². The maximum Gasteiger partial charge on any atom is 0.332 e. The number of anilines is 1. The molecule has 0 radical (unpaired) electrons. The van der Waals surface area contributed by atoms with Crippen LogP contribution in [-0.2, 0) is 9.53 Å². The molecule has 1 aromatic heterocycles. The van der Waals surface area contributed by atoms with E-state index >= 15 is 0 Å². The number of aliphatic carboxylic acids is 1. The number of aromatic nitrogens is 1. The number of carboxylic acids is 1. The van der Waals surface area contributed by atoms with Crippen molar-refractivity contribution in [1.29, 1.82) is 5.26 Å². The molecule has 20 heavy (non-hydrogen) atoms. The summed E-state index contributed by atoms with van der Waals surface area (Å²) in [6, 6.07) is 3.99. The molecule has 0 aliphatic carbocycles. The molecule has 1 aliphatic rings. The minimum atomic E-state index is -0.922. The maximum atomic E-state index is 10.8. The minimum Gasteiger partial charge on any atom is -0.479 e. The zero-order valence-electron chi connectivity index (χ0n) is 11.5. The SMILES string of the molecule is Cc1cc(C)c(C#N)c(NCC2CCC(C(=O)O)O2)n1. The molecular weight excluding hydrogens is 258 g/mol. The van der Waals surface area contributed by atoms with Gasteiger partial charge in [-0.05, 0) is 38.3 Å². The summed E-state index contributed by atoms with van der Waals surface area (Å²) in [5.74, 6) is -0.387. The Morgan fingerprint density at radius 3 is 2.95 bits per heavy atom. The minimum absolute atomic E-state index is 0.162. The highest BCUT2D eigenvalue weighted by Crippen LogP contribution is 2.22. The van der Waals surface area contributed by atoms with Gasteiger partial charge in [0.05, 0.1) is 11.7 Å². The number of nitriles is 1. The summed E-state index contributed by atoms with van der Waals surface area (Å²) in [4.78, 5) is 15.1. The van der Waals surface area contributed by atoms with E-state index in [4.69, 9.17) is 15.1 Å². The summed E-state index contributed by atoms with van der Waals surface area (Å²) in [7, 11) is 0. The van der Waals surface area contributed by atoms with Gasteiger partial charge in [0.25, 0.3) is 0 Å². The second-order valence-electron chi connectivity index (χ2n) is 4.96. The van der Waals surface area contributed by atoms with Gasteiger partial charge in [0, 0.05) is 12.2 Å². The molecule has 2 heterocycles. The lowest BCUT2D eigenvalue weighted by atomic mass is 10.1. The number of hydrogen-bond donors (Lipinski definition) is 2. The van der Waals surface area contributed by atoms with Crippen LogP contribution in [0.5, 0.6) is 0 Å². The van der Waals surface area contributed by atoms with E-state index in [0.29, 0.717) is 30.8 Å². The summed E-state index contributed by atoms with van der Waals surface area (Å²) in [5, 5.41) is 21.1. The van der Waals surface area contributed by atoms with Crippen LogP contribution >= 0.6 is 0 Å². The second kappa shape index (κ2) is 5.88. The number of aryl methyl sites for hydroxylation is 2. The second-order valence-corrected chi connectivity index (χ2v) is 4.96. The quantitative estimate of drug-likeness (QED) is 0.866. The topological polar surface area (TPSA) is 95.2 Å². The summed E-state index contributed by atoms with van der Waals surface area (Å²) in [6.07, 6.45) is 0.332. The van der Waals surface area contributed by atoms with Crippen molar-refractivity contribution in [3.05, 3.63) is 22.9 Å². The van der Waals surface area contributed by atoms with Crippen LogP contribution in [0.25, 0.3) is 0 Å². The Labute approximate surface area is 117 Å². The van der Waals surface area contributed by atoms with Crippen LogP contribution in [0.15, 0.2) is 6.07 Å². The highest BCUT2D eigenvalue weighted by atomic mass is 16.5. The van der Waals surface area contributed by atoms with Crippen molar-refractivity contribution in [2.45, 2.75) is 38.9 Å². The summed E-state index contributed by atoms with van der Waals surface area (Å²) < 4.78 is 5.41. The van der Waals surface area contributed by atoms with E-state index in [1.54, 1.807) is 0 Å². The van der Waals surface area contributed by atoms with E-state index < -0.39 is 12.1 Å².